The SMILES string of the molecule is CC/C=C\C/C=C\C/C=C\CCCCCCC(O)CN(CCCCC(=O)OCCN1CCN(CCSSCCCN(CC(O)CCCCCCCC)CC(O)CCCCCCCC)CC1)CC(O)CCCCCC/C=C\C/C=C\C/C=C\CC. The standard InChI is InChI=1S/C72H134N4O6S2/c1-5-9-13-17-21-23-25-27-29-31-33-35-39-43-50-68(77)64-75(65-69(78)51-44-40-36-34-32-30-28-26-24-22-18-14-10-6-2)53-46-45-52-72(81)82-61-59-73-55-57-74(58-56-73)60-63-84-83-62-47-54-76(66-70(79)48-41-37-19-15-11-7-3)67-71(80)49-42-38-20-16-12-8-4/h9-10,13-14,21-24,27-30,68-71,77-80H,5-8,11-12,15-20,25-26,31-67H2,1-4H3/b13-9-,14-10-,23-21-,24-22-,29-27-,30-28-. The molecular weight excluding hydrogens is 1080 g/mol. The highest BCUT2D eigenvalue weighted by Crippen LogP contribution is 2.23. The number of esters is 1. The number of allylic oxidation sites excluding steroid dienone is 12. The van der Waals surface area contributed by atoms with Gasteiger partial charge in [0.1, 0.15) is 6.61 Å². The van der Waals surface area contributed by atoms with Gasteiger partial charge in [-0.05, 0) is 122 Å². The molecule has 84 heavy (non-hydrogen) atoms. The summed E-state index contributed by atoms with van der Waals surface area (Å²) in [5, 5.41) is 44.1. The molecule has 490 valence electrons. The fourth-order valence-electron chi connectivity index (χ4n) is 10.9. The van der Waals surface area contributed by atoms with Crippen LogP contribution in [0.25, 0.3) is 0 Å². The molecule has 1 rings (SSSR count). The molecule has 1 aliphatic rings. The first-order chi connectivity index (χ1) is 41.2. The van der Waals surface area contributed by atoms with Crippen LogP contribution in [0.2, 0.25) is 0 Å². The fraction of sp³-hybridized carbons (Fsp3) is 0.819. The van der Waals surface area contributed by atoms with E-state index in [0.29, 0.717) is 39.2 Å². The molecule has 12 heteroatoms. The van der Waals surface area contributed by atoms with Crippen molar-refractivity contribution in [2.75, 3.05) is 96.6 Å². The Bertz CT molecular complexity index is 1510. The van der Waals surface area contributed by atoms with Gasteiger partial charge in [-0.1, -0.05) is 238 Å². The van der Waals surface area contributed by atoms with Crippen LogP contribution in [0, 0.1) is 0 Å². The molecule has 10 nitrogen and oxygen atoms in total. The van der Waals surface area contributed by atoms with E-state index in [1.807, 2.05) is 21.6 Å². The second kappa shape index (κ2) is 62.9. The monoisotopic (exact) mass is 1210 g/mol. The van der Waals surface area contributed by atoms with Crippen LogP contribution >= 0.6 is 21.6 Å². The van der Waals surface area contributed by atoms with Crippen LogP contribution in [-0.2, 0) is 9.53 Å². The molecule has 0 spiro atoms. The lowest BCUT2D eigenvalue weighted by molar-refractivity contribution is -0.144. The summed E-state index contributed by atoms with van der Waals surface area (Å²) in [5.41, 5.74) is 0. The van der Waals surface area contributed by atoms with Crippen LogP contribution in [0.15, 0.2) is 72.9 Å². The van der Waals surface area contributed by atoms with Gasteiger partial charge in [0.05, 0.1) is 24.4 Å². The number of ether oxygens (including phenoxy) is 1. The smallest absolute Gasteiger partial charge is 0.305 e. The molecule has 0 aromatic carbocycles. The van der Waals surface area contributed by atoms with Crippen molar-refractivity contribution >= 4 is 27.6 Å². The fourth-order valence-corrected chi connectivity index (χ4v) is 13.0. The van der Waals surface area contributed by atoms with Crippen molar-refractivity contribution in [3.8, 4) is 0 Å². The highest BCUT2D eigenvalue weighted by Gasteiger charge is 2.20. The maximum atomic E-state index is 12.8. The first-order valence-electron chi connectivity index (χ1n) is 35.1. The van der Waals surface area contributed by atoms with Crippen molar-refractivity contribution in [3.63, 3.8) is 0 Å². The quantitative estimate of drug-likeness (QED) is 0.0201. The lowest BCUT2D eigenvalue weighted by Crippen LogP contribution is -2.47. The number of aliphatic hydroxyl groups excluding tert-OH is 4. The number of carbonyl (C=O) groups is 1. The van der Waals surface area contributed by atoms with E-state index in [4.69, 9.17) is 4.74 Å². The summed E-state index contributed by atoms with van der Waals surface area (Å²) in [7, 11) is 3.93. The van der Waals surface area contributed by atoms with Gasteiger partial charge >= 0.3 is 5.97 Å². The Hall–Kier alpha value is -1.71. The van der Waals surface area contributed by atoms with Crippen molar-refractivity contribution in [1.82, 2.24) is 19.6 Å². The van der Waals surface area contributed by atoms with Crippen molar-refractivity contribution < 1.29 is 30.0 Å². The highest BCUT2D eigenvalue weighted by atomic mass is 33.1. The highest BCUT2D eigenvalue weighted by molar-refractivity contribution is 8.76. The Morgan fingerprint density at radius 2 is 0.774 bits per heavy atom. The maximum absolute atomic E-state index is 12.8. The molecule has 0 aromatic rings. The van der Waals surface area contributed by atoms with Crippen LogP contribution in [-0.4, -0.2) is 167 Å². The predicted octanol–water partition coefficient (Wildman–Crippen LogP) is 17.0. The van der Waals surface area contributed by atoms with Gasteiger partial charge in [-0.2, -0.15) is 0 Å². The Morgan fingerprint density at radius 1 is 0.417 bits per heavy atom. The first kappa shape index (κ1) is 80.3. The molecule has 0 radical (unpaired) electrons. The minimum atomic E-state index is -0.419. The number of aliphatic hydroxyl groups is 4. The summed E-state index contributed by atoms with van der Waals surface area (Å²) in [6.07, 6.45) is 64.1. The number of rotatable bonds is 62. The van der Waals surface area contributed by atoms with E-state index < -0.39 is 12.2 Å². The van der Waals surface area contributed by atoms with Gasteiger partial charge in [0.15, 0.2) is 0 Å². The third-order valence-corrected chi connectivity index (χ3v) is 18.5. The van der Waals surface area contributed by atoms with E-state index in [1.54, 1.807) is 0 Å². The molecule has 0 amide bonds. The lowest BCUT2D eigenvalue weighted by atomic mass is 10.1. The van der Waals surface area contributed by atoms with Crippen LogP contribution < -0.4 is 0 Å². The van der Waals surface area contributed by atoms with Gasteiger partial charge in [-0.25, -0.2) is 0 Å². The van der Waals surface area contributed by atoms with E-state index in [-0.39, 0.29) is 18.2 Å². The van der Waals surface area contributed by atoms with Crippen molar-refractivity contribution in [2.24, 2.45) is 0 Å². The molecule has 0 aliphatic carbocycles. The topological polar surface area (TPSA) is 120 Å². The van der Waals surface area contributed by atoms with E-state index in [9.17, 15) is 25.2 Å². The van der Waals surface area contributed by atoms with Crippen molar-refractivity contribution in [1.29, 1.82) is 0 Å². The summed E-state index contributed by atoms with van der Waals surface area (Å²) >= 11 is 0. The van der Waals surface area contributed by atoms with E-state index in [0.717, 1.165) is 199 Å². The first-order valence-corrected chi connectivity index (χ1v) is 37.6. The van der Waals surface area contributed by atoms with Gasteiger partial charge in [0, 0.05) is 83.4 Å². The molecule has 1 fully saturated rings. The van der Waals surface area contributed by atoms with Gasteiger partial charge in [0.25, 0.3) is 0 Å². The Morgan fingerprint density at radius 3 is 1.20 bits per heavy atom. The number of unbranched alkanes of at least 4 members (excludes halogenated alkanes) is 19. The molecule has 4 N–H and O–H groups in total. The lowest BCUT2D eigenvalue weighted by Gasteiger charge is -2.34. The normalized spacial score (nSPS) is 15.5. The minimum Gasteiger partial charge on any atom is -0.464 e. The van der Waals surface area contributed by atoms with E-state index in [2.05, 4.69) is 120 Å². The Labute approximate surface area is 527 Å². The molecule has 1 saturated heterocycles. The third kappa shape index (κ3) is 55.6. The van der Waals surface area contributed by atoms with Gasteiger partial charge in [0.2, 0.25) is 0 Å². The Balaban J connectivity index is 2.41. The minimum absolute atomic E-state index is 0.129. The molecule has 1 aliphatic heterocycles. The second-order valence-electron chi connectivity index (χ2n) is 24.2. The number of nitrogens with zero attached hydrogens (tertiary/aromatic N) is 4. The molecule has 0 bridgehead atoms. The molecule has 4 unspecified atom stereocenters. The number of hydrogen-bond donors (Lipinski definition) is 4. The van der Waals surface area contributed by atoms with Crippen molar-refractivity contribution in [2.45, 2.75) is 283 Å². The summed E-state index contributed by atoms with van der Waals surface area (Å²) in [6, 6.07) is 0. The average molecular weight is 1220 g/mol. The zero-order valence-corrected chi connectivity index (χ0v) is 56.6. The molecular formula is C72H134N4O6S2. The maximum Gasteiger partial charge on any atom is 0.305 e. The largest absolute Gasteiger partial charge is 0.464 e. The Kier molecular flexibility index (Phi) is 60.1. The number of carbonyl (C=O) groups excluding carboxylic acids is 1. The zero-order chi connectivity index (χ0) is 60.9. The summed E-state index contributed by atoms with van der Waals surface area (Å²) in [4.78, 5) is 22.4. The molecule has 1 heterocycles. The van der Waals surface area contributed by atoms with E-state index >= 15 is 0 Å². The summed E-state index contributed by atoms with van der Waals surface area (Å²) in [6.45, 7) is 19.3. The summed E-state index contributed by atoms with van der Waals surface area (Å²) < 4.78 is 5.73. The molecule has 0 saturated carbocycles. The second-order valence-corrected chi connectivity index (χ2v) is 26.9. The van der Waals surface area contributed by atoms with Gasteiger partial charge < -0.3 is 25.2 Å². The predicted molar refractivity (Wildman–Crippen MR) is 369 cm³/mol. The number of piperazine rings is 1. The van der Waals surface area contributed by atoms with Crippen LogP contribution in [0.4, 0.5) is 0 Å². The van der Waals surface area contributed by atoms with Gasteiger partial charge in [-0.3, -0.25) is 24.4 Å². The number of hydrogen-bond acceptors (Lipinski definition) is 12. The molecule has 4 atom stereocenters. The molecule has 0 aromatic heterocycles. The van der Waals surface area contributed by atoms with Crippen LogP contribution in [0.3, 0.4) is 0 Å². The van der Waals surface area contributed by atoms with Crippen molar-refractivity contribution in [3.05, 3.63) is 72.9 Å². The van der Waals surface area contributed by atoms with E-state index in [1.165, 1.54) is 89.9 Å². The van der Waals surface area contributed by atoms with Crippen LogP contribution in [0.5, 0.6) is 0 Å². The summed E-state index contributed by atoms with van der Waals surface area (Å²) in [5.74, 6) is 2.05. The third-order valence-electron chi connectivity index (χ3n) is 16.1. The van der Waals surface area contributed by atoms with Crippen LogP contribution in [0.1, 0.15) is 259 Å². The average Bonchev–Trinajstić information content (AvgIpc) is 3.51. The van der Waals surface area contributed by atoms with Gasteiger partial charge in [-0.15, -0.1) is 0 Å². The zero-order valence-electron chi connectivity index (χ0n) is 55.0.